The Morgan fingerprint density at radius 2 is 0.964 bits per heavy atom. The molecule has 0 heterocycles. The Bertz CT molecular complexity index is 2550. The molecule has 0 aliphatic carbocycles. The first-order chi connectivity index (χ1) is 25.8. The van der Waals surface area contributed by atoms with E-state index in [4.69, 9.17) is 4.55 Å². The smallest absolute Gasteiger partial charge is 0.281 e. The van der Waals surface area contributed by atoms with E-state index in [1.165, 1.54) is 6.07 Å². The van der Waals surface area contributed by atoms with Gasteiger partial charge in [-0.2, -0.15) is 26.0 Å². The molecule has 0 unspecified atom stereocenters. The minimum atomic E-state index is -6.56. The van der Waals surface area contributed by atoms with Crippen LogP contribution in [-0.4, -0.2) is 31.9 Å². The number of sulfone groups is 1. The summed E-state index contributed by atoms with van der Waals surface area (Å²) in [6.45, 7) is 2.30. The molecule has 5 nitrogen and oxygen atoms in total. The molecule has 298 valence electrons. The largest absolute Gasteiger partial charge is 0.442 e. The van der Waals surface area contributed by atoms with E-state index < -0.39 is 120 Å². The lowest BCUT2D eigenvalue weighted by molar-refractivity contribution is -0.0947. The lowest BCUT2D eigenvalue weighted by atomic mass is 9.99. The molecule has 22 heteroatoms. The van der Waals surface area contributed by atoms with Crippen LogP contribution in [0.5, 0.6) is 0 Å². The normalized spacial score (nSPS) is 12.7. The maximum Gasteiger partial charge on any atom is 0.442 e. The highest BCUT2D eigenvalue weighted by molar-refractivity contribution is 8.03. The van der Waals surface area contributed by atoms with Gasteiger partial charge >= 0.3 is 20.6 Å². The average molecular weight is 895 g/mol. The van der Waals surface area contributed by atoms with Gasteiger partial charge in [0.15, 0.2) is 46.5 Å². The van der Waals surface area contributed by atoms with Crippen LogP contribution in [0.25, 0.3) is 11.1 Å². The summed E-state index contributed by atoms with van der Waals surface area (Å²) in [6, 6.07) is 13.2. The fourth-order valence-corrected chi connectivity index (χ4v) is 9.64. The molecule has 0 amide bonds. The van der Waals surface area contributed by atoms with Gasteiger partial charge in [0.1, 0.15) is 4.90 Å². The Balaban J connectivity index is 1.50. The minimum absolute atomic E-state index is 0.108. The van der Waals surface area contributed by atoms with Gasteiger partial charge in [-0.15, -0.1) is 0 Å². The zero-order valence-electron chi connectivity index (χ0n) is 27.5. The van der Waals surface area contributed by atoms with Crippen LogP contribution in [-0.2, 0) is 20.0 Å². The number of benzene rings is 5. The van der Waals surface area contributed by atoms with Crippen molar-refractivity contribution in [2.24, 2.45) is 0 Å². The second-order valence-corrected chi connectivity index (χ2v) is 18.2. The minimum Gasteiger partial charge on any atom is -0.281 e. The molecule has 0 saturated heterocycles. The van der Waals surface area contributed by atoms with Crippen LogP contribution in [0, 0.1) is 60.4 Å². The van der Waals surface area contributed by atoms with Crippen molar-refractivity contribution in [1.82, 2.24) is 0 Å². The molecule has 0 spiro atoms. The number of halogens is 12. The standard InChI is InChI=1S/C34H18F12O5S5/c1-14-3-5-17(6-4-14)53-21-13-18(9-12-20(21)54-33(43,44)34(45,46)56(49,50)51)52-16-7-10-19(11-8-16)55(47,48)32-30(41)28(39)23(29(40)31(32)42)22-26(37)24(35)15(2)25(36)27(22)38/h3-13H,1-2H3,(H,49,50,51). The summed E-state index contributed by atoms with van der Waals surface area (Å²) in [5.41, 5.74) is -4.91. The molecule has 5 aromatic rings. The number of alkyl halides is 4. The zero-order valence-corrected chi connectivity index (χ0v) is 31.6. The Morgan fingerprint density at radius 1 is 0.536 bits per heavy atom. The molecule has 56 heavy (non-hydrogen) atoms. The lowest BCUT2D eigenvalue weighted by Gasteiger charge is -2.24. The number of rotatable bonds is 11. The van der Waals surface area contributed by atoms with Crippen LogP contribution in [0.1, 0.15) is 11.1 Å². The maximum atomic E-state index is 15.2. The number of thioether (sulfide) groups is 1. The fourth-order valence-electron chi connectivity index (χ4n) is 4.77. The van der Waals surface area contributed by atoms with Crippen molar-refractivity contribution in [2.75, 3.05) is 0 Å². The summed E-state index contributed by atoms with van der Waals surface area (Å²) >= 11 is 0.746. The Morgan fingerprint density at radius 3 is 1.45 bits per heavy atom. The molecule has 0 fully saturated rings. The highest BCUT2D eigenvalue weighted by atomic mass is 32.2. The maximum absolute atomic E-state index is 15.2. The van der Waals surface area contributed by atoms with E-state index in [-0.39, 0.29) is 14.7 Å². The van der Waals surface area contributed by atoms with Gasteiger partial charge in [0.2, 0.25) is 9.84 Å². The second kappa shape index (κ2) is 15.5. The molecule has 0 radical (unpaired) electrons. The van der Waals surface area contributed by atoms with Crippen LogP contribution < -0.4 is 0 Å². The third-order valence-corrected chi connectivity index (χ3v) is 13.8. The van der Waals surface area contributed by atoms with Gasteiger partial charge in [0.05, 0.1) is 16.0 Å². The topological polar surface area (TPSA) is 88.5 Å². The van der Waals surface area contributed by atoms with E-state index in [2.05, 4.69) is 0 Å². The summed E-state index contributed by atoms with van der Waals surface area (Å²) in [5, 5.41) is -11.3. The van der Waals surface area contributed by atoms with Gasteiger partial charge in [-0.25, -0.2) is 43.5 Å². The van der Waals surface area contributed by atoms with Crippen molar-refractivity contribution in [2.45, 2.75) is 58.6 Å². The van der Waals surface area contributed by atoms with Gasteiger partial charge in [-0.05, 0) is 80.2 Å². The zero-order chi connectivity index (χ0) is 41.9. The number of hydrogen-bond donors (Lipinski definition) is 1. The summed E-state index contributed by atoms with van der Waals surface area (Å²) in [5.74, 6) is -19.9. The van der Waals surface area contributed by atoms with Gasteiger partial charge in [0, 0.05) is 30.0 Å². The van der Waals surface area contributed by atoms with Crippen molar-refractivity contribution in [3.05, 3.63) is 124 Å². The summed E-state index contributed by atoms with van der Waals surface area (Å²) in [6.07, 6.45) is 0. The average Bonchev–Trinajstić information content (AvgIpc) is 3.12. The van der Waals surface area contributed by atoms with Crippen LogP contribution >= 0.6 is 35.3 Å². The molecule has 0 bridgehead atoms. The fraction of sp³-hybridized carbons (Fsp3) is 0.118. The highest BCUT2D eigenvalue weighted by Crippen LogP contribution is 2.52. The Kier molecular flexibility index (Phi) is 12.0. The molecule has 5 rings (SSSR count). The summed E-state index contributed by atoms with van der Waals surface area (Å²) in [4.78, 5) is -3.16. The molecular formula is C34H18F12O5S5. The van der Waals surface area contributed by atoms with E-state index in [1.807, 2.05) is 0 Å². The van der Waals surface area contributed by atoms with Crippen LogP contribution in [0.2, 0.25) is 0 Å². The predicted octanol–water partition coefficient (Wildman–Crippen LogP) is 11.4. The van der Waals surface area contributed by atoms with E-state index in [0.29, 0.717) is 24.0 Å². The van der Waals surface area contributed by atoms with E-state index >= 15 is 17.6 Å². The van der Waals surface area contributed by atoms with Crippen molar-refractivity contribution in [1.29, 1.82) is 0 Å². The van der Waals surface area contributed by atoms with E-state index in [9.17, 15) is 52.0 Å². The summed E-state index contributed by atoms with van der Waals surface area (Å²) < 4.78 is 233. The predicted molar refractivity (Wildman–Crippen MR) is 181 cm³/mol. The molecule has 0 aliphatic heterocycles. The molecular weight excluding hydrogens is 877 g/mol. The molecule has 0 aromatic heterocycles. The van der Waals surface area contributed by atoms with Crippen molar-refractivity contribution < 1.29 is 74.1 Å². The van der Waals surface area contributed by atoms with Gasteiger partial charge in [0.25, 0.3) is 0 Å². The van der Waals surface area contributed by atoms with Crippen LogP contribution in [0.3, 0.4) is 0 Å². The molecule has 0 aliphatic rings. The third-order valence-electron chi connectivity index (χ3n) is 7.66. The monoisotopic (exact) mass is 894 g/mol. The van der Waals surface area contributed by atoms with Crippen LogP contribution in [0.15, 0.2) is 101 Å². The quantitative estimate of drug-likeness (QED) is 0.0607. The van der Waals surface area contributed by atoms with Crippen molar-refractivity contribution >= 4 is 55.2 Å². The van der Waals surface area contributed by atoms with Crippen molar-refractivity contribution in [3.63, 3.8) is 0 Å². The molecule has 1 N–H and O–H groups in total. The number of aryl methyl sites for hydroxylation is 1. The number of hydrogen-bond acceptors (Lipinski definition) is 7. The second-order valence-electron chi connectivity index (χ2n) is 11.4. The summed E-state index contributed by atoms with van der Waals surface area (Å²) in [7, 11) is -12.1. The molecule has 5 aromatic carbocycles. The Labute approximate surface area is 322 Å². The van der Waals surface area contributed by atoms with Gasteiger partial charge in [-0.1, -0.05) is 41.2 Å². The lowest BCUT2D eigenvalue weighted by Crippen LogP contribution is -2.44. The third kappa shape index (κ3) is 7.87. The van der Waals surface area contributed by atoms with Crippen LogP contribution in [0.4, 0.5) is 52.7 Å². The first-order valence-corrected chi connectivity index (χ1v) is 20.2. The van der Waals surface area contributed by atoms with E-state index in [1.54, 1.807) is 31.2 Å². The first kappa shape index (κ1) is 43.3. The highest BCUT2D eigenvalue weighted by Gasteiger charge is 2.66. The molecule has 0 atom stereocenters. The van der Waals surface area contributed by atoms with Gasteiger partial charge < -0.3 is 0 Å². The van der Waals surface area contributed by atoms with Crippen molar-refractivity contribution in [3.8, 4) is 11.1 Å². The van der Waals surface area contributed by atoms with E-state index in [0.717, 1.165) is 53.4 Å². The van der Waals surface area contributed by atoms with Gasteiger partial charge in [-0.3, -0.25) is 4.55 Å². The Hall–Kier alpha value is -3.83. The molecule has 0 saturated carbocycles. The first-order valence-electron chi connectivity index (χ1n) is 14.8. The SMILES string of the molecule is Cc1ccc(Sc2cc(Sc3ccc(S(=O)(=O)c4c(F)c(F)c(-c5c(F)c(F)c(C)c(F)c5F)c(F)c4F)cc3)ccc2SC(F)(F)C(F)(F)S(=O)(=O)O)cc1.